The number of carbonyl (C=O) groups excluding carboxylic acids is 2. The van der Waals surface area contributed by atoms with E-state index in [9.17, 15) is 14.0 Å². The first-order valence-corrected chi connectivity index (χ1v) is 10.8. The number of amides is 2. The van der Waals surface area contributed by atoms with Gasteiger partial charge in [0, 0.05) is 42.8 Å². The number of halogens is 1. The lowest BCUT2D eigenvalue weighted by Crippen LogP contribution is -2.43. The first-order valence-electron chi connectivity index (χ1n) is 10.8. The van der Waals surface area contributed by atoms with E-state index in [0.717, 1.165) is 23.4 Å². The summed E-state index contributed by atoms with van der Waals surface area (Å²) in [4.78, 5) is 30.9. The van der Waals surface area contributed by atoms with E-state index in [-0.39, 0.29) is 24.2 Å². The van der Waals surface area contributed by atoms with Gasteiger partial charge in [-0.3, -0.25) is 9.58 Å². The molecule has 4 rings (SSSR count). The molecule has 2 heterocycles. The maximum atomic E-state index is 14.9. The number of fused-ring (bicyclic) bond motifs is 1. The fourth-order valence-electron chi connectivity index (χ4n) is 4.17. The maximum absolute atomic E-state index is 14.9. The summed E-state index contributed by atoms with van der Waals surface area (Å²) in [6.45, 7) is 1.27. The molecule has 0 N–H and O–H groups in total. The Bertz CT molecular complexity index is 1190. The Morgan fingerprint density at radius 1 is 1.21 bits per heavy atom. The number of nitrogens with zero attached hydrogens (tertiary/aromatic N) is 5. The first kappa shape index (κ1) is 22.7. The molecular formula is C24H28FN5O3. The van der Waals surface area contributed by atoms with Gasteiger partial charge in [0.1, 0.15) is 5.82 Å². The number of likely N-dealkylation sites (tertiary alicyclic amines) is 1. The number of ether oxygens (including phenoxy) is 1. The third-order valence-corrected chi connectivity index (χ3v) is 6.24. The summed E-state index contributed by atoms with van der Waals surface area (Å²) >= 11 is 0. The number of hydrogen-bond acceptors (Lipinski definition) is 5. The molecule has 1 saturated heterocycles. The number of benzene rings is 2. The topological polar surface area (TPSA) is 70.9 Å². The standard InChI is InChI=1S/C24H28FN5O3/c1-27(2)20-9-10-29(15-20)24(32)30(19-8-7-17-13-26-28(3)22(17)12-19)14-18-6-5-16(11-21(18)25)23(31)33-4/h5-8,11-13,20H,9-10,14-15H2,1-4H3. The zero-order chi connectivity index (χ0) is 23.7. The van der Waals surface area contributed by atoms with Gasteiger partial charge in [-0.1, -0.05) is 6.07 Å². The quantitative estimate of drug-likeness (QED) is 0.555. The summed E-state index contributed by atoms with van der Waals surface area (Å²) in [6.07, 6.45) is 2.65. The Morgan fingerprint density at radius 2 is 2.00 bits per heavy atom. The second kappa shape index (κ2) is 9.19. The monoisotopic (exact) mass is 453 g/mol. The van der Waals surface area contributed by atoms with E-state index in [0.29, 0.717) is 24.3 Å². The van der Waals surface area contributed by atoms with Crippen LogP contribution in [0.4, 0.5) is 14.9 Å². The van der Waals surface area contributed by atoms with Crippen molar-refractivity contribution in [2.75, 3.05) is 39.2 Å². The van der Waals surface area contributed by atoms with E-state index in [1.165, 1.54) is 19.2 Å². The smallest absolute Gasteiger partial charge is 0.337 e. The van der Waals surface area contributed by atoms with E-state index in [4.69, 9.17) is 0 Å². The molecule has 1 aliphatic rings. The number of urea groups is 1. The number of hydrogen-bond donors (Lipinski definition) is 0. The van der Waals surface area contributed by atoms with Crippen molar-refractivity contribution in [3.05, 3.63) is 59.5 Å². The van der Waals surface area contributed by atoms with Crippen LogP contribution in [0.15, 0.2) is 42.6 Å². The molecule has 1 atom stereocenters. The largest absolute Gasteiger partial charge is 0.465 e. The minimum atomic E-state index is -0.609. The Balaban J connectivity index is 1.69. The average Bonchev–Trinajstić information content (AvgIpc) is 3.45. The lowest BCUT2D eigenvalue weighted by molar-refractivity contribution is 0.0600. The van der Waals surface area contributed by atoms with E-state index >= 15 is 0 Å². The van der Waals surface area contributed by atoms with Crippen molar-refractivity contribution in [2.24, 2.45) is 7.05 Å². The Morgan fingerprint density at radius 3 is 2.67 bits per heavy atom. The van der Waals surface area contributed by atoms with Crippen molar-refractivity contribution in [1.82, 2.24) is 19.6 Å². The number of methoxy groups -OCH3 is 1. The van der Waals surface area contributed by atoms with Gasteiger partial charge in [-0.05, 0) is 50.8 Å². The molecule has 1 fully saturated rings. The van der Waals surface area contributed by atoms with Crippen molar-refractivity contribution in [3.8, 4) is 0 Å². The van der Waals surface area contributed by atoms with Crippen LogP contribution in [-0.2, 0) is 18.3 Å². The van der Waals surface area contributed by atoms with Gasteiger partial charge in [0.2, 0.25) is 0 Å². The summed E-state index contributed by atoms with van der Waals surface area (Å²) in [7, 11) is 7.10. The van der Waals surface area contributed by atoms with E-state index in [1.54, 1.807) is 20.7 Å². The molecule has 0 bridgehead atoms. The zero-order valence-corrected chi connectivity index (χ0v) is 19.3. The van der Waals surface area contributed by atoms with Crippen LogP contribution in [0.2, 0.25) is 0 Å². The number of likely N-dealkylation sites (N-methyl/N-ethyl adjacent to an activating group) is 1. The molecule has 174 valence electrons. The molecule has 3 aromatic rings. The normalized spacial score (nSPS) is 15.9. The van der Waals surface area contributed by atoms with Crippen molar-refractivity contribution in [1.29, 1.82) is 0 Å². The van der Waals surface area contributed by atoms with Crippen LogP contribution in [0.5, 0.6) is 0 Å². The summed E-state index contributed by atoms with van der Waals surface area (Å²) < 4.78 is 21.3. The van der Waals surface area contributed by atoms with Crippen LogP contribution in [0.25, 0.3) is 10.9 Å². The van der Waals surface area contributed by atoms with Crippen LogP contribution < -0.4 is 4.90 Å². The predicted molar refractivity (Wildman–Crippen MR) is 124 cm³/mol. The highest BCUT2D eigenvalue weighted by molar-refractivity contribution is 5.95. The second-order valence-electron chi connectivity index (χ2n) is 8.53. The summed E-state index contributed by atoms with van der Waals surface area (Å²) in [5.74, 6) is -1.17. The van der Waals surface area contributed by atoms with Crippen LogP contribution >= 0.6 is 0 Å². The lowest BCUT2D eigenvalue weighted by Gasteiger charge is -2.29. The summed E-state index contributed by atoms with van der Waals surface area (Å²) in [5, 5.41) is 5.23. The number of anilines is 1. The number of aromatic nitrogens is 2. The van der Waals surface area contributed by atoms with E-state index < -0.39 is 11.8 Å². The molecule has 0 aliphatic carbocycles. The van der Waals surface area contributed by atoms with Crippen LogP contribution in [0, 0.1) is 5.82 Å². The van der Waals surface area contributed by atoms with Crippen molar-refractivity contribution >= 4 is 28.6 Å². The van der Waals surface area contributed by atoms with Crippen molar-refractivity contribution < 1.29 is 18.7 Å². The predicted octanol–water partition coefficient (Wildman–Crippen LogP) is 3.26. The first-order chi connectivity index (χ1) is 15.8. The number of carbonyl (C=O) groups is 2. The molecule has 1 aromatic heterocycles. The van der Waals surface area contributed by atoms with Gasteiger partial charge in [0.05, 0.1) is 30.9 Å². The molecule has 0 spiro atoms. The van der Waals surface area contributed by atoms with E-state index in [1.807, 2.05) is 39.3 Å². The highest BCUT2D eigenvalue weighted by Crippen LogP contribution is 2.27. The van der Waals surface area contributed by atoms with Gasteiger partial charge in [-0.2, -0.15) is 5.10 Å². The highest BCUT2D eigenvalue weighted by Gasteiger charge is 2.31. The van der Waals surface area contributed by atoms with Gasteiger partial charge < -0.3 is 14.5 Å². The number of esters is 1. The lowest BCUT2D eigenvalue weighted by atomic mass is 10.1. The van der Waals surface area contributed by atoms with E-state index in [2.05, 4.69) is 14.7 Å². The van der Waals surface area contributed by atoms with Gasteiger partial charge in [-0.15, -0.1) is 0 Å². The Hall–Kier alpha value is -3.46. The molecule has 0 saturated carbocycles. The van der Waals surface area contributed by atoms with Crippen molar-refractivity contribution in [2.45, 2.75) is 19.0 Å². The fourth-order valence-corrected chi connectivity index (χ4v) is 4.17. The molecule has 0 radical (unpaired) electrons. The van der Waals surface area contributed by atoms with Crippen LogP contribution in [-0.4, -0.2) is 71.9 Å². The molecule has 33 heavy (non-hydrogen) atoms. The van der Waals surface area contributed by atoms with Crippen LogP contribution in [0.1, 0.15) is 22.3 Å². The summed E-state index contributed by atoms with van der Waals surface area (Å²) in [5.41, 5.74) is 1.96. The minimum absolute atomic E-state index is 0.0264. The minimum Gasteiger partial charge on any atom is -0.465 e. The fraction of sp³-hybridized carbons (Fsp3) is 0.375. The van der Waals surface area contributed by atoms with Crippen molar-refractivity contribution in [3.63, 3.8) is 0 Å². The van der Waals surface area contributed by atoms with Gasteiger partial charge >= 0.3 is 12.0 Å². The maximum Gasteiger partial charge on any atom is 0.337 e. The van der Waals surface area contributed by atoms with Crippen LogP contribution in [0.3, 0.4) is 0 Å². The molecular weight excluding hydrogens is 425 g/mol. The average molecular weight is 454 g/mol. The number of aryl methyl sites for hydroxylation is 1. The highest BCUT2D eigenvalue weighted by atomic mass is 19.1. The summed E-state index contributed by atoms with van der Waals surface area (Å²) in [6, 6.07) is 9.92. The third kappa shape index (κ3) is 4.54. The molecule has 1 aliphatic heterocycles. The molecule has 2 amide bonds. The molecule has 1 unspecified atom stereocenters. The Kier molecular flexibility index (Phi) is 6.33. The van der Waals surface area contributed by atoms with Gasteiger partial charge in [-0.25, -0.2) is 14.0 Å². The second-order valence-corrected chi connectivity index (χ2v) is 8.53. The SMILES string of the molecule is COC(=O)c1ccc(CN(C(=O)N2CCC(N(C)C)C2)c2ccc3cnn(C)c3c2)c(F)c1. The molecule has 8 nitrogen and oxygen atoms in total. The molecule has 9 heteroatoms. The Labute approximate surface area is 192 Å². The third-order valence-electron chi connectivity index (χ3n) is 6.24. The number of rotatable bonds is 5. The molecule has 2 aromatic carbocycles. The zero-order valence-electron chi connectivity index (χ0n) is 19.3. The van der Waals surface area contributed by atoms with Gasteiger partial charge in [0.25, 0.3) is 0 Å². The van der Waals surface area contributed by atoms with Gasteiger partial charge in [0.15, 0.2) is 0 Å².